The summed E-state index contributed by atoms with van der Waals surface area (Å²) >= 11 is 6.73. The molecule has 0 spiro atoms. The molecule has 1 heterocycles. The van der Waals surface area contributed by atoms with E-state index in [4.69, 9.17) is 16.3 Å². The molecule has 1 aromatic heterocycles. The number of esters is 1. The number of ether oxygens (including phenoxy) is 1. The number of halogens is 1. The largest absolute Gasteiger partial charge is 0.469 e. The lowest BCUT2D eigenvalue weighted by atomic mass is 9.85. The van der Waals surface area contributed by atoms with Gasteiger partial charge in [-0.05, 0) is 41.2 Å². The lowest BCUT2D eigenvalue weighted by Crippen LogP contribution is -2.15. The molecule has 0 aliphatic heterocycles. The van der Waals surface area contributed by atoms with Crippen LogP contribution in [0.3, 0.4) is 0 Å². The molecule has 0 N–H and O–H groups in total. The molecule has 0 saturated carbocycles. The van der Waals surface area contributed by atoms with Gasteiger partial charge in [0, 0.05) is 6.42 Å². The van der Waals surface area contributed by atoms with Crippen LogP contribution in [0.4, 0.5) is 0 Å². The van der Waals surface area contributed by atoms with Crippen LogP contribution in [-0.2, 0) is 21.4 Å². The summed E-state index contributed by atoms with van der Waals surface area (Å²) in [7, 11) is 1.40. The Hall–Kier alpha value is -2.40. The Morgan fingerprint density at radius 2 is 1.77 bits per heavy atom. The van der Waals surface area contributed by atoms with Gasteiger partial charge in [-0.1, -0.05) is 50.6 Å². The van der Waals surface area contributed by atoms with E-state index in [1.807, 2.05) is 30.3 Å². The molecular weight excluding hydrogens is 350 g/mol. The number of hydrogen-bond acceptors (Lipinski definition) is 4. The van der Waals surface area contributed by atoms with Crippen LogP contribution in [0.5, 0.6) is 0 Å². The Kier molecular flexibility index (Phi) is 5.01. The highest BCUT2D eigenvalue weighted by molar-refractivity contribution is 6.33. The van der Waals surface area contributed by atoms with Crippen molar-refractivity contribution in [2.45, 2.75) is 39.0 Å². The molecule has 0 atom stereocenters. The molecule has 6 heteroatoms. The molecule has 0 aliphatic rings. The fourth-order valence-electron chi connectivity index (χ4n) is 2.82. The Balaban J connectivity index is 2.11. The second-order valence-electron chi connectivity index (χ2n) is 7.28. The first kappa shape index (κ1) is 18.4. The third-order valence-electron chi connectivity index (χ3n) is 4.27. The van der Waals surface area contributed by atoms with Gasteiger partial charge in [0.15, 0.2) is 0 Å². The number of carbonyl (C=O) groups excluding carboxylic acids is 1. The van der Waals surface area contributed by atoms with Crippen LogP contribution in [0.1, 0.15) is 38.3 Å². The van der Waals surface area contributed by atoms with Crippen molar-refractivity contribution in [3.05, 3.63) is 52.5 Å². The van der Waals surface area contributed by atoms with Gasteiger partial charge in [-0.15, -0.1) is 15.0 Å². The first-order chi connectivity index (χ1) is 12.3. The van der Waals surface area contributed by atoms with E-state index in [-0.39, 0.29) is 11.4 Å². The number of nitrogens with zero attached hydrogens (tertiary/aromatic N) is 3. The fraction of sp³-hybridized carbons (Fsp3) is 0.350. The molecule has 0 aliphatic carbocycles. The summed E-state index contributed by atoms with van der Waals surface area (Å²) in [5.41, 5.74) is 4.18. The summed E-state index contributed by atoms with van der Waals surface area (Å²) in [6.07, 6.45) is 0.885. The zero-order chi connectivity index (χ0) is 18.9. The highest BCUT2D eigenvalue weighted by atomic mass is 35.5. The van der Waals surface area contributed by atoms with Crippen molar-refractivity contribution in [2.24, 2.45) is 0 Å². The van der Waals surface area contributed by atoms with Crippen LogP contribution in [0.15, 0.2) is 36.4 Å². The SMILES string of the molecule is COC(=O)CCc1cc(-n2nc3ccccc3n2)c(Cl)c(C(C)(C)C)c1. The van der Waals surface area contributed by atoms with Gasteiger partial charge in [0.2, 0.25) is 0 Å². The molecule has 2 aromatic carbocycles. The minimum absolute atomic E-state index is 0.153. The van der Waals surface area contributed by atoms with E-state index >= 15 is 0 Å². The Morgan fingerprint density at radius 3 is 2.31 bits per heavy atom. The zero-order valence-corrected chi connectivity index (χ0v) is 16.2. The smallest absolute Gasteiger partial charge is 0.305 e. The average molecular weight is 372 g/mol. The highest BCUT2D eigenvalue weighted by Gasteiger charge is 2.22. The summed E-state index contributed by atoms with van der Waals surface area (Å²) in [4.78, 5) is 13.1. The fourth-order valence-corrected chi connectivity index (χ4v) is 3.29. The maximum absolute atomic E-state index is 11.5. The normalized spacial score (nSPS) is 11.7. The summed E-state index contributed by atoms with van der Waals surface area (Å²) in [6.45, 7) is 6.32. The maximum Gasteiger partial charge on any atom is 0.305 e. The third-order valence-corrected chi connectivity index (χ3v) is 4.67. The van der Waals surface area contributed by atoms with Crippen molar-refractivity contribution in [1.82, 2.24) is 15.0 Å². The summed E-state index contributed by atoms with van der Waals surface area (Å²) in [6, 6.07) is 11.7. The number of carbonyl (C=O) groups is 1. The number of rotatable bonds is 4. The van der Waals surface area contributed by atoms with Crippen molar-refractivity contribution in [3.63, 3.8) is 0 Å². The van der Waals surface area contributed by atoms with Crippen LogP contribution in [-0.4, -0.2) is 28.1 Å². The van der Waals surface area contributed by atoms with Gasteiger partial charge in [-0.25, -0.2) is 0 Å². The van der Waals surface area contributed by atoms with Gasteiger partial charge in [-0.3, -0.25) is 4.79 Å². The monoisotopic (exact) mass is 371 g/mol. The number of benzene rings is 2. The van der Waals surface area contributed by atoms with Gasteiger partial charge in [-0.2, -0.15) is 0 Å². The average Bonchev–Trinajstić information content (AvgIpc) is 3.03. The van der Waals surface area contributed by atoms with Crippen molar-refractivity contribution < 1.29 is 9.53 Å². The van der Waals surface area contributed by atoms with Gasteiger partial charge < -0.3 is 4.74 Å². The number of hydrogen-bond donors (Lipinski definition) is 0. The standard InChI is InChI=1S/C20H22ClN3O2/c1-20(2,3)14-11-13(9-10-18(25)26-4)12-17(19(14)21)24-22-15-7-5-6-8-16(15)23-24/h5-8,11-12H,9-10H2,1-4H3. The van der Waals surface area contributed by atoms with Crippen LogP contribution in [0.25, 0.3) is 16.7 Å². The third kappa shape index (κ3) is 3.73. The van der Waals surface area contributed by atoms with Gasteiger partial charge >= 0.3 is 5.97 Å². The van der Waals surface area contributed by atoms with Crippen LogP contribution in [0, 0.1) is 0 Å². The molecule has 3 aromatic rings. The molecule has 136 valence electrons. The molecule has 0 fully saturated rings. The second kappa shape index (κ2) is 7.08. The Bertz CT molecular complexity index is 924. The lowest BCUT2D eigenvalue weighted by molar-refractivity contribution is -0.140. The van der Waals surface area contributed by atoms with Crippen molar-refractivity contribution in [1.29, 1.82) is 0 Å². The van der Waals surface area contributed by atoms with Crippen molar-refractivity contribution in [3.8, 4) is 5.69 Å². The Morgan fingerprint density at radius 1 is 1.15 bits per heavy atom. The molecule has 5 nitrogen and oxygen atoms in total. The zero-order valence-electron chi connectivity index (χ0n) is 15.4. The van der Waals surface area contributed by atoms with Crippen LogP contribution in [0.2, 0.25) is 5.02 Å². The van der Waals surface area contributed by atoms with E-state index in [1.54, 1.807) is 4.80 Å². The predicted octanol–water partition coefficient (Wildman–Crippen LogP) is 4.48. The molecule has 26 heavy (non-hydrogen) atoms. The molecular formula is C20H22ClN3O2. The minimum Gasteiger partial charge on any atom is -0.469 e. The van der Waals surface area contributed by atoms with E-state index < -0.39 is 0 Å². The summed E-state index contributed by atoms with van der Waals surface area (Å²) in [5.74, 6) is -0.234. The van der Waals surface area contributed by atoms with E-state index in [1.165, 1.54) is 7.11 Å². The molecule has 0 radical (unpaired) electrons. The highest BCUT2D eigenvalue weighted by Crippen LogP contribution is 2.35. The maximum atomic E-state index is 11.5. The first-order valence-corrected chi connectivity index (χ1v) is 8.89. The van der Waals surface area contributed by atoms with Crippen LogP contribution >= 0.6 is 11.6 Å². The summed E-state index contributed by atoms with van der Waals surface area (Å²) in [5, 5.41) is 9.72. The molecule has 0 bridgehead atoms. The van der Waals surface area contributed by atoms with E-state index in [0.29, 0.717) is 17.9 Å². The summed E-state index contributed by atoms with van der Waals surface area (Å²) < 4.78 is 4.75. The van der Waals surface area contributed by atoms with Crippen LogP contribution < -0.4 is 0 Å². The lowest BCUT2D eigenvalue weighted by Gasteiger charge is -2.23. The topological polar surface area (TPSA) is 57.0 Å². The van der Waals surface area contributed by atoms with Gasteiger partial charge in [0.25, 0.3) is 0 Å². The molecule has 0 unspecified atom stereocenters. The number of fused-ring (bicyclic) bond motifs is 1. The number of methoxy groups -OCH3 is 1. The van der Waals surface area contributed by atoms with Gasteiger partial charge in [0.05, 0.1) is 12.1 Å². The minimum atomic E-state index is -0.234. The Labute approximate surface area is 157 Å². The number of aromatic nitrogens is 3. The van der Waals surface area contributed by atoms with E-state index in [2.05, 4.69) is 37.0 Å². The molecule has 3 rings (SSSR count). The quantitative estimate of drug-likeness (QED) is 0.634. The number of aryl methyl sites for hydroxylation is 1. The van der Waals surface area contributed by atoms with Gasteiger partial charge in [0.1, 0.15) is 16.7 Å². The molecule has 0 amide bonds. The first-order valence-electron chi connectivity index (χ1n) is 8.52. The predicted molar refractivity (Wildman–Crippen MR) is 103 cm³/mol. The van der Waals surface area contributed by atoms with E-state index in [9.17, 15) is 4.79 Å². The second-order valence-corrected chi connectivity index (χ2v) is 7.66. The van der Waals surface area contributed by atoms with Crippen molar-refractivity contribution in [2.75, 3.05) is 7.11 Å². The van der Waals surface area contributed by atoms with Crippen molar-refractivity contribution >= 4 is 28.6 Å². The van der Waals surface area contributed by atoms with E-state index in [0.717, 1.165) is 27.8 Å². The molecule has 0 saturated heterocycles.